The number of thiophene rings is 1. The fourth-order valence-electron chi connectivity index (χ4n) is 4.33. The van der Waals surface area contributed by atoms with Crippen LogP contribution in [0.1, 0.15) is 35.5 Å². The molecule has 0 unspecified atom stereocenters. The van der Waals surface area contributed by atoms with Crippen LogP contribution in [0.15, 0.2) is 47.6 Å². The lowest BCUT2D eigenvalue weighted by Gasteiger charge is -2.29. The SMILES string of the molecule is Fc1ccc(OCCCN2CCC(=C3c4sccc4CCn4ncnc43)CC2)cc1. The molecule has 2 aromatic heterocycles. The molecule has 2 aliphatic heterocycles. The maximum Gasteiger partial charge on any atom is 0.159 e. The fraction of sp³-hybridized carbons (Fsp3) is 0.391. The highest BCUT2D eigenvalue weighted by atomic mass is 32.1. The van der Waals surface area contributed by atoms with Gasteiger partial charge in [-0.3, -0.25) is 0 Å². The van der Waals surface area contributed by atoms with Crippen molar-refractivity contribution in [2.24, 2.45) is 0 Å². The summed E-state index contributed by atoms with van der Waals surface area (Å²) in [6.45, 7) is 4.69. The van der Waals surface area contributed by atoms with Crippen LogP contribution in [0.25, 0.3) is 5.57 Å². The van der Waals surface area contributed by atoms with Crippen LogP contribution in [0, 0.1) is 5.82 Å². The first-order chi connectivity index (χ1) is 14.8. The van der Waals surface area contributed by atoms with Crippen molar-refractivity contribution >= 4 is 16.9 Å². The van der Waals surface area contributed by atoms with Crippen LogP contribution in [-0.2, 0) is 13.0 Å². The van der Waals surface area contributed by atoms with Gasteiger partial charge in [0.05, 0.1) is 6.61 Å². The number of benzene rings is 1. The second-order valence-corrected chi connectivity index (χ2v) is 8.72. The van der Waals surface area contributed by atoms with Gasteiger partial charge >= 0.3 is 0 Å². The zero-order chi connectivity index (χ0) is 20.3. The van der Waals surface area contributed by atoms with Gasteiger partial charge in [-0.25, -0.2) is 14.1 Å². The molecule has 0 atom stereocenters. The van der Waals surface area contributed by atoms with E-state index in [-0.39, 0.29) is 5.82 Å². The maximum absolute atomic E-state index is 13.0. The molecule has 2 aliphatic rings. The zero-order valence-electron chi connectivity index (χ0n) is 16.9. The van der Waals surface area contributed by atoms with Crippen LogP contribution < -0.4 is 4.74 Å². The highest BCUT2D eigenvalue weighted by Gasteiger charge is 2.26. The van der Waals surface area contributed by atoms with E-state index in [2.05, 4.69) is 31.1 Å². The lowest BCUT2D eigenvalue weighted by molar-refractivity contribution is 0.223. The Hall–Kier alpha value is -2.51. The Bertz CT molecular complexity index is 985. The van der Waals surface area contributed by atoms with Gasteiger partial charge in [0.25, 0.3) is 0 Å². The smallest absolute Gasteiger partial charge is 0.159 e. The van der Waals surface area contributed by atoms with Gasteiger partial charge in [0.1, 0.15) is 17.9 Å². The Morgan fingerprint density at radius 3 is 2.70 bits per heavy atom. The molecule has 1 aromatic carbocycles. The van der Waals surface area contributed by atoms with Crippen LogP contribution >= 0.6 is 11.3 Å². The van der Waals surface area contributed by atoms with E-state index in [4.69, 9.17) is 4.74 Å². The van der Waals surface area contributed by atoms with Crippen molar-refractivity contribution < 1.29 is 9.13 Å². The van der Waals surface area contributed by atoms with Crippen LogP contribution in [0.4, 0.5) is 4.39 Å². The van der Waals surface area contributed by atoms with E-state index in [1.807, 2.05) is 11.3 Å². The second kappa shape index (κ2) is 8.70. The van der Waals surface area contributed by atoms with Gasteiger partial charge in [0.2, 0.25) is 0 Å². The summed E-state index contributed by atoms with van der Waals surface area (Å²) in [5.41, 5.74) is 4.26. The molecule has 0 radical (unpaired) electrons. The standard InChI is InChI=1S/C23H25FN4OS/c24-19-2-4-20(5-3-19)29-14-1-10-27-11-6-17(7-12-27)21-22-18(9-15-30-22)8-13-28-23(21)25-16-26-28/h2-5,9,15-16H,1,6-8,10-14H2. The van der Waals surface area contributed by atoms with Crippen molar-refractivity contribution in [3.63, 3.8) is 0 Å². The predicted molar refractivity (Wildman–Crippen MR) is 116 cm³/mol. The van der Waals surface area contributed by atoms with Gasteiger partial charge < -0.3 is 9.64 Å². The van der Waals surface area contributed by atoms with Crippen molar-refractivity contribution in [1.29, 1.82) is 0 Å². The average molecular weight is 425 g/mol. The normalized spacial score (nSPS) is 16.8. The van der Waals surface area contributed by atoms with Crippen molar-refractivity contribution in [3.8, 4) is 5.75 Å². The van der Waals surface area contributed by atoms with Gasteiger partial charge in [0.15, 0.2) is 5.82 Å². The monoisotopic (exact) mass is 424 g/mol. The Morgan fingerprint density at radius 2 is 1.87 bits per heavy atom. The van der Waals surface area contributed by atoms with E-state index in [1.54, 1.807) is 18.5 Å². The summed E-state index contributed by atoms with van der Waals surface area (Å²) >= 11 is 1.83. The third-order valence-electron chi connectivity index (χ3n) is 5.92. The molecule has 0 saturated carbocycles. The molecule has 1 saturated heterocycles. The highest BCUT2D eigenvalue weighted by molar-refractivity contribution is 7.11. The Labute approximate surface area is 179 Å². The van der Waals surface area contributed by atoms with E-state index >= 15 is 0 Å². The number of hydrogen-bond donors (Lipinski definition) is 0. The average Bonchev–Trinajstić information content (AvgIpc) is 3.40. The van der Waals surface area contributed by atoms with Crippen LogP contribution in [0.3, 0.4) is 0 Å². The van der Waals surface area contributed by atoms with Gasteiger partial charge in [-0.1, -0.05) is 5.57 Å². The first kappa shape index (κ1) is 19.5. The minimum absolute atomic E-state index is 0.234. The third kappa shape index (κ3) is 4.04. The van der Waals surface area contributed by atoms with E-state index in [0.29, 0.717) is 6.61 Å². The van der Waals surface area contributed by atoms with E-state index in [1.165, 1.54) is 33.7 Å². The molecular weight excluding hydrogens is 399 g/mol. The number of fused-ring (bicyclic) bond motifs is 2. The van der Waals surface area contributed by atoms with Gasteiger partial charge in [-0.15, -0.1) is 11.3 Å². The molecule has 0 aliphatic carbocycles. The van der Waals surface area contributed by atoms with Crippen LogP contribution in [0.2, 0.25) is 0 Å². The van der Waals surface area contributed by atoms with E-state index < -0.39 is 0 Å². The van der Waals surface area contributed by atoms with Crippen molar-refractivity contribution in [1.82, 2.24) is 19.7 Å². The minimum atomic E-state index is -0.234. The summed E-state index contributed by atoms with van der Waals surface area (Å²) in [6.07, 6.45) is 5.81. The summed E-state index contributed by atoms with van der Waals surface area (Å²) in [5.74, 6) is 1.53. The molecule has 5 nitrogen and oxygen atoms in total. The molecule has 7 heteroatoms. The van der Waals surface area contributed by atoms with Crippen molar-refractivity contribution in [2.75, 3.05) is 26.2 Å². The second-order valence-electron chi connectivity index (χ2n) is 7.81. The minimum Gasteiger partial charge on any atom is -0.494 e. The predicted octanol–water partition coefficient (Wildman–Crippen LogP) is 4.40. The summed E-state index contributed by atoms with van der Waals surface area (Å²) in [5, 5.41) is 6.65. The van der Waals surface area contributed by atoms with Crippen LogP contribution in [-0.4, -0.2) is 45.9 Å². The fourth-order valence-corrected chi connectivity index (χ4v) is 5.37. The Kier molecular flexibility index (Phi) is 5.64. The number of hydrogen-bond acceptors (Lipinski definition) is 5. The summed E-state index contributed by atoms with van der Waals surface area (Å²) in [7, 11) is 0. The van der Waals surface area contributed by atoms with Gasteiger partial charge in [-0.05, 0) is 67.0 Å². The van der Waals surface area contributed by atoms with Crippen molar-refractivity contribution in [3.05, 3.63) is 69.7 Å². The quantitative estimate of drug-likeness (QED) is 0.570. The van der Waals surface area contributed by atoms with Gasteiger partial charge in [-0.2, -0.15) is 5.10 Å². The van der Waals surface area contributed by atoms with E-state index in [9.17, 15) is 4.39 Å². The zero-order valence-corrected chi connectivity index (χ0v) is 17.7. The number of rotatable bonds is 5. The molecule has 4 heterocycles. The first-order valence-electron chi connectivity index (χ1n) is 10.6. The Morgan fingerprint density at radius 1 is 1.03 bits per heavy atom. The molecule has 0 bridgehead atoms. The number of aromatic nitrogens is 3. The highest BCUT2D eigenvalue weighted by Crippen LogP contribution is 2.38. The molecule has 3 aromatic rings. The van der Waals surface area contributed by atoms with Crippen molar-refractivity contribution in [2.45, 2.75) is 32.2 Å². The van der Waals surface area contributed by atoms with E-state index in [0.717, 1.165) is 63.4 Å². The molecule has 5 rings (SSSR count). The molecule has 1 fully saturated rings. The van der Waals surface area contributed by atoms with Gasteiger partial charge in [0, 0.05) is 36.6 Å². The van der Waals surface area contributed by atoms with Crippen LogP contribution in [0.5, 0.6) is 5.75 Å². The lowest BCUT2D eigenvalue weighted by Crippen LogP contribution is -2.32. The number of ether oxygens (including phenoxy) is 1. The number of nitrogens with zero attached hydrogens (tertiary/aromatic N) is 4. The molecule has 0 spiro atoms. The maximum atomic E-state index is 13.0. The largest absolute Gasteiger partial charge is 0.494 e. The number of halogens is 1. The topological polar surface area (TPSA) is 43.2 Å². The third-order valence-corrected chi connectivity index (χ3v) is 6.89. The lowest BCUT2D eigenvalue weighted by atomic mass is 9.95. The molecule has 0 amide bonds. The number of likely N-dealkylation sites (tertiary alicyclic amines) is 1. The molecular formula is C23H25FN4OS. The summed E-state index contributed by atoms with van der Waals surface area (Å²) in [6, 6.07) is 8.48. The molecule has 156 valence electrons. The molecule has 0 N–H and O–H groups in total. The summed E-state index contributed by atoms with van der Waals surface area (Å²) in [4.78, 5) is 8.51. The summed E-state index contributed by atoms with van der Waals surface area (Å²) < 4.78 is 20.7. The molecule has 30 heavy (non-hydrogen) atoms. The number of aryl methyl sites for hydroxylation is 2. The first-order valence-corrected chi connectivity index (χ1v) is 11.4. The number of piperidine rings is 1. The Balaban J connectivity index is 1.20.